The van der Waals surface area contributed by atoms with E-state index >= 15 is 0 Å². The minimum Gasteiger partial charge on any atom is -0.476 e. The second kappa shape index (κ2) is 7.22. The van der Waals surface area contributed by atoms with Crippen LogP contribution in [0.25, 0.3) is 0 Å². The normalized spacial score (nSPS) is 10.2. The molecule has 2 rings (SSSR count). The van der Waals surface area contributed by atoms with Gasteiger partial charge in [-0.2, -0.15) is 5.10 Å². The summed E-state index contributed by atoms with van der Waals surface area (Å²) in [5.74, 6) is 0.374. The molecule has 0 fully saturated rings. The van der Waals surface area contributed by atoms with Crippen molar-refractivity contribution in [3.8, 4) is 5.88 Å². The van der Waals surface area contributed by atoms with Crippen molar-refractivity contribution >= 4 is 11.6 Å². The molecule has 2 aromatic heterocycles. The first-order chi connectivity index (χ1) is 9.79. The maximum absolute atomic E-state index is 11.9. The number of anilines is 1. The lowest BCUT2D eigenvalue weighted by Gasteiger charge is -2.09. The largest absolute Gasteiger partial charge is 0.476 e. The van der Waals surface area contributed by atoms with Gasteiger partial charge in [-0.1, -0.05) is 0 Å². The van der Waals surface area contributed by atoms with E-state index in [1.165, 1.54) is 6.33 Å². The van der Waals surface area contributed by atoms with Crippen LogP contribution in [0.5, 0.6) is 5.88 Å². The molecule has 7 heteroatoms. The Hall–Kier alpha value is -2.44. The van der Waals surface area contributed by atoms with E-state index in [1.54, 1.807) is 29.3 Å². The van der Waals surface area contributed by atoms with Crippen molar-refractivity contribution in [2.45, 2.75) is 26.3 Å². The molecular weight excluding hydrogens is 258 g/mol. The smallest absolute Gasteiger partial charge is 0.237 e. The second-order valence-electron chi connectivity index (χ2n) is 4.10. The number of amides is 1. The predicted octanol–water partition coefficient (Wildman–Crippen LogP) is 1.49. The number of ether oxygens (including phenoxy) is 1. The quantitative estimate of drug-likeness (QED) is 0.828. The molecule has 1 N–H and O–H groups in total. The van der Waals surface area contributed by atoms with Gasteiger partial charge in [-0.15, -0.1) is 0 Å². The minimum absolute atomic E-state index is 0.0703. The van der Waals surface area contributed by atoms with Crippen LogP contribution in [0.4, 0.5) is 5.69 Å². The van der Waals surface area contributed by atoms with E-state index in [2.05, 4.69) is 20.4 Å². The van der Waals surface area contributed by atoms with Gasteiger partial charge in [-0.3, -0.25) is 9.48 Å². The van der Waals surface area contributed by atoms with Gasteiger partial charge in [0.25, 0.3) is 0 Å². The molecule has 7 nitrogen and oxygen atoms in total. The van der Waals surface area contributed by atoms with E-state index in [0.717, 1.165) is 0 Å². The fraction of sp³-hybridized carbons (Fsp3) is 0.385. The molecule has 2 aromatic rings. The Labute approximate surface area is 117 Å². The molecule has 20 heavy (non-hydrogen) atoms. The number of carbonyl (C=O) groups is 1. The molecule has 0 aliphatic rings. The van der Waals surface area contributed by atoms with Crippen LogP contribution in [0.3, 0.4) is 0 Å². The van der Waals surface area contributed by atoms with Crippen LogP contribution >= 0.6 is 0 Å². The highest BCUT2D eigenvalue weighted by molar-refractivity contribution is 5.91. The number of hydrogen-bond donors (Lipinski definition) is 1. The second-order valence-corrected chi connectivity index (χ2v) is 4.10. The fourth-order valence-corrected chi connectivity index (χ4v) is 1.70. The number of pyridine rings is 1. The average Bonchev–Trinajstić information content (AvgIpc) is 2.94. The Morgan fingerprint density at radius 1 is 1.50 bits per heavy atom. The van der Waals surface area contributed by atoms with Gasteiger partial charge < -0.3 is 10.1 Å². The first-order valence-corrected chi connectivity index (χ1v) is 6.49. The van der Waals surface area contributed by atoms with Crippen molar-refractivity contribution < 1.29 is 9.53 Å². The van der Waals surface area contributed by atoms with E-state index < -0.39 is 0 Å². The van der Waals surface area contributed by atoms with Gasteiger partial charge in [-0.25, -0.2) is 9.97 Å². The molecule has 0 radical (unpaired) electrons. The van der Waals surface area contributed by atoms with Crippen molar-refractivity contribution in [1.82, 2.24) is 19.7 Å². The number of aryl methyl sites for hydroxylation is 1. The van der Waals surface area contributed by atoms with Gasteiger partial charge in [0.1, 0.15) is 18.3 Å². The van der Waals surface area contributed by atoms with Crippen molar-refractivity contribution in [3.05, 3.63) is 31.0 Å². The van der Waals surface area contributed by atoms with Gasteiger partial charge in [0.05, 0.1) is 6.61 Å². The van der Waals surface area contributed by atoms with Crippen LogP contribution in [-0.2, 0) is 11.3 Å². The summed E-state index contributed by atoms with van der Waals surface area (Å²) < 4.78 is 7.05. The Morgan fingerprint density at radius 2 is 2.40 bits per heavy atom. The molecule has 0 saturated carbocycles. The minimum atomic E-state index is -0.0703. The predicted molar refractivity (Wildman–Crippen MR) is 73.3 cm³/mol. The van der Waals surface area contributed by atoms with Crippen LogP contribution in [-0.4, -0.2) is 32.3 Å². The van der Waals surface area contributed by atoms with Crippen LogP contribution in [0, 0.1) is 0 Å². The van der Waals surface area contributed by atoms with Crippen molar-refractivity contribution in [3.63, 3.8) is 0 Å². The van der Waals surface area contributed by atoms with Gasteiger partial charge in [0.2, 0.25) is 11.8 Å². The lowest BCUT2D eigenvalue weighted by molar-refractivity contribution is -0.116. The molecule has 0 saturated heterocycles. The molecule has 2 heterocycles. The van der Waals surface area contributed by atoms with Crippen LogP contribution in [0.2, 0.25) is 0 Å². The SMILES string of the molecule is CCOc1ncccc1NC(=O)CCCn1cncn1. The summed E-state index contributed by atoms with van der Waals surface area (Å²) in [5, 5.41) is 6.78. The van der Waals surface area contributed by atoms with E-state index in [0.29, 0.717) is 37.6 Å². The molecule has 0 aliphatic carbocycles. The number of nitrogens with one attached hydrogen (secondary N) is 1. The molecule has 0 atom stereocenters. The van der Waals surface area contributed by atoms with Gasteiger partial charge in [0, 0.05) is 19.2 Å². The number of aromatic nitrogens is 4. The number of carbonyl (C=O) groups excluding carboxylic acids is 1. The monoisotopic (exact) mass is 275 g/mol. The van der Waals surface area contributed by atoms with Crippen LogP contribution < -0.4 is 10.1 Å². The van der Waals surface area contributed by atoms with E-state index in [1.807, 2.05) is 6.92 Å². The van der Waals surface area contributed by atoms with E-state index in [9.17, 15) is 4.79 Å². The Morgan fingerprint density at radius 3 is 3.15 bits per heavy atom. The summed E-state index contributed by atoms with van der Waals surface area (Å²) >= 11 is 0. The Bertz CT molecular complexity index is 541. The average molecular weight is 275 g/mol. The Balaban J connectivity index is 1.82. The lowest BCUT2D eigenvalue weighted by atomic mass is 10.3. The van der Waals surface area contributed by atoms with Crippen molar-refractivity contribution in [2.24, 2.45) is 0 Å². The molecule has 0 spiro atoms. The third-order valence-electron chi connectivity index (χ3n) is 2.58. The van der Waals surface area contributed by atoms with Gasteiger partial charge in [-0.05, 0) is 25.5 Å². The third-order valence-corrected chi connectivity index (χ3v) is 2.58. The number of hydrogen-bond acceptors (Lipinski definition) is 5. The number of rotatable bonds is 7. The number of nitrogens with zero attached hydrogens (tertiary/aromatic N) is 4. The maximum Gasteiger partial charge on any atom is 0.237 e. The van der Waals surface area contributed by atoms with Crippen molar-refractivity contribution in [2.75, 3.05) is 11.9 Å². The highest BCUT2D eigenvalue weighted by Gasteiger charge is 2.08. The molecule has 1 amide bonds. The zero-order valence-corrected chi connectivity index (χ0v) is 11.3. The molecular formula is C13H17N5O2. The summed E-state index contributed by atoms with van der Waals surface area (Å²) in [7, 11) is 0. The fourth-order valence-electron chi connectivity index (χ4n) is 1.70. The molecule has 0 bridgehead atoms. The zero-order valence-electron chi connectivity index (χ0n) is 11.3. The van der Waals surface area contributed by atoms with Crippen molar-refractivity contribution in [1.29, 1.82) is 0 Å². The Kier molecular flexibility index (Phi) is 5.05. The maximum atomic E-state index is 11.9. The van der Waals surface area contributed by atoms with Crippen LogP contribution in [0.15, 0.2) is 31.0 Å². The summed E-state index contributed by atoms with van der Waals surface area (Å²) in [6.07, 6.45) is 5.83. The summed E-state index contributed by atoms with van der Waals surface area (Å²) in [6, 6.07) is 3.53. The standard InChI is InChI=1S/C13H17N5O2/c1-2-20-13-11(5-3-7-15-13)17-12(19)6-4-8-18-10-14-9-16-18/h3,5,7,9-10H,2,4,6,8H2,1H3,(H,17,19). The van der Waals surface area contributed by atoms with Gasteiger partial charge in [0.15, 0.2) is 0 Å². The molecule has 0 aliphatic heterocycles. The van der Waals surface area contributed by atoms with E-state index in [4.69, 9.17) is 4.74 Å². The topological polar surface area (TPSA) is 81.9 Å². The molecule has 0 aromatic carbocycles. The summed E-state index contributed by atoms with van der Waals surface area (Å²) in [4.78, 5) is 19.8. The van der Waals surface area contributed by atoms with Gasteiger partial charge >= 0.3 is 0 Å². The summed E-state index contributed by atoms with van der Waals surface area (Å²) in [5.41, 5.74) is 0.597. The summed E-state index contributed by atoms with van der Waals surface area (Å²) in [6.45, 7) is 3.04. The highest BCUT2D eigenvalue weighted by atomic mass is 16.5. The first kappa shape index (κ1) is 14.0. The first-order valence-electron chi connectivity index (χ1n) is 6.49. The molecule has 106 valence electrons. The highest BCUT2D eigenvalue weighted by Crippen LogP contribution is 2.20. The third kappa shape index (κ3) is 4.04. The molecule has 0 unspecified atom stereocenters. The lowest BCUT2D eigenvalue weighted by Crippen LogP contribution is -2.14. The van der Waals surface area contributed by atoms with Crippen LogP contribution in [0.1, 0.15) is 19.8 Å². The van der Waals surface area contributed by atoms with E-state index in [-0.39, 0.29) is 5.91 Å². The zero-order chi connectivity index (χ0) is 14.2.